The number of aromatic nitrogens is 2. The van der Waals surface area contributed by atoms with E-state index in [-0.39, 0.29) is 11.7 Å². The lowest BCUT2D eigenvalue weighted by molar-refractivity contribution is -0.0529. The molecule has 6 heteroatoms. The second-order valence-electron chi connectivity index (χ2n) is 1.62. The Morgan fingerprint density at radius 2 is 2.18 bits per heavy atom. The number of ether oxygens (including phenoxy) is 1. The maximum Gasteiger partial charge on any atom is 0.387 e. The zero-order valence-electron chi connectivity index (χ0n) is 5.29. The first-order valence-electron chi connectivity index (χ1n) is 2.67. The molecule has 1 heterocycles. The summed E-state index contributed by atoms with van der Waals surface area (Å²) in [5.41, 5.74) is 6.88. The maximum absolute atomic E-state index is 11.5. The Morgan fingerprint density at radius 3 is 2.73 bits per heavy atom. The molecule has 1 rings (SSSR count). The average Bonchev–Trinajstić information content (AvgIpc) is 1.85. The molecule has 11 heavy (non-hydrogen) atoms. The van der Waals surface area contributed by atoms with E-state index in [1.54, 1.807) is 0 Å². The summed E-state index contributed by atoms with van der Waals surface area (Å²) in [5, 5.41) is 0. The molecule has 1 aromatic heterocycles. The van der Waals surface area contributed by atoms with Gasteiger partial charge in [-0.3, -0.25) is 4.98 Å². The van der Waals surface area contributed by atoms with Crippen molar-refractivity contribution in [1.82, 2.24) is 9.97 Å². The number of rotatable bonds is 2. The molecule has 60 valence electrons. The van der Waals surface area contributed by atoms with Crippen molar-refractivity contribution in [3.63, 3.8) is 0 Å². The second kappa shape index (κ2) is 3.09. The average molecular weight is 160 g/mol. The van der Waals surface area contributed by atoms with Gasteiger partial charge in [-0.15, -0.1) is 0 Å². The molecule has 4 nitrogen and oxygen atoms in total. The van der Waals surface area contributed by atoms with Crippen LogP contribution in [0.5, 0.6) is 5.88 Å². The lowest BCUT2D eigenvalue weighted by Gasteiger charge is -2.08. The fraction of sp³-hybridized carbons (Fsp3) is 0.200. The highest BCUT2D eigenvalue weighted by molar-refractivity contribution is 5.31. The van der Waals surface area contributed by atoms with E-state index < -0.39 is 6.61 Å². The standard InChI is InChI=1S/C5H4F2N3O/c6-5(7)11-4-2-9-1-3(8)10-4/h1-2,5H,(H-,8,10)/q-1. The maximum atomic E-state index is 11.5. The summed E-state index contributed by atoms with van der Waals surface area (Å²) in [6, 6.07) is 0. The first kappa shape index (κ1) is 7.64. The van der Waals surface area contributed by atoms with Gasteiger partial charge in [0.2, 0.25) is 0 Å². The highest BCUT2D eigenvalue weighted by Crippen LogP contribution is 2.12. The Hall–Kier alpha value is -1.46. The molecule has 0 saturated heterocycles. The number of nitrogens with one attached hydrogen (secondary N) is 1. The van der Waals surface area contributed by atoms with Gasteiger partial charge in [0.15, 0.2) is 0 Å². The molecule has 0 radical (unpaired) electrons. The largest absolute Gasteiger partial charge is 0.481 e. The van der Waals surface area contributed by atoms with Gasteiger partial charge in [0, 0.05) is 6.20 Å². The van der Waals surface area contributed by atoms with E-state index in [4.69, 9.17) is 5.73 Å². The van der Waals surface area contributed by atoms with Crippen LogP contribution in [-0.4, -0.2) is 16.6 Å². The van der Waals surface area contributed by atoms with E-state index in [1.807, 2.05) is 0 Å². The molecule has 1 N–H and O–H groups in total. The third-order valence-corrected chi connectivity index (χ3v) is 0.822. The molecule has 0 aliphatic rings. The number of nitrogens with zero attached hydrogens (tertiary/aromatic N) is 2. The van der Waals surface area contributed by atoms with Crippen LogP contribution in [-0.2, 0) is 0 Å². The number of hydrogen-bond acceptors (Lipinski definition) is 3. The van der Waals surface area contributed by atoms with Crippen molar-refractivity contribution < 1.29 is 13.5 Å². The molecule has 0 aliphatic carbocycles. The van der Waals surface area contributed by atoms with Gasteiger partial charge in [0.05, 0.1) is 6.20 Å². The van der Waals surface area contributed by atoms with Crippen molar-refractivity contribution in [2.24, 2.45) is 0 Å². The van der Waals surface area contributed by atoms with E-state index >= 15 is 0 Å². The Bertz CT molecular complexity index is 243. The Kier molecular flexibility index (Phi) is 2.15. The molecular weight excluding hydrogens is 156 g/mol. The summed E-state index contributed by atoms with van der Waals surface area (Å²) < 4.78 is 26.9. The molecule has 0 atom stereocenters. The van der Waals surface area contributed by atoms with Crippen LogP contribution >= 0.6 is 0 Å². The van der Waals surface area contributed by atoms with Crippen LogP contribution in [0, 0.1) is 0 Å². The molecule has 0 amide bonds. The van der Waals surface area contributed by atoms with Gasteiger partial charge in [-0.1, -0.05) is 0 Å². The molecule has 0 saturated carbocycles. The number of hydrogen-bond donors (Lipinski definition) is 0. The number of alkyl halides is 2. The van der Waals surface area contributed by atoms with Crippen LogP contribution in [0.15, 0.2) is 12.4 Å². The second-order valence-corrected chi connectivity index (χ2v) is 1.62. The zero-order valence-corrected chi connectivity index (χ0v) is 5.29. The zero-order chi connectivity index (χ0) is 8.27. The summed E-state index contributed by atoms with van der Waals surface area (Å²) in [6.45, 7) is -2.92. The van der Waals surface area contributed by atoms with E-state index in [0.29, 0.717) is 0 Å². The summed E-state index contributed by atoms with van der Waals surface area (Å²) in [5.74, 6) is -0.546. The monoisotopic (exact) mass is 160 g/mol. The summed E-state index contributed by atoms with van der Waals surface area (Å²) >= 11 is 0. The van der Waals surface area contributed by atoms with Crippen molar-refractivity contribution in [1.29, 1.82) is 0 Å². The lowest BCUT2D eigenvalue weighted by Crippen LogP contribution is -2.03. The Morgan fingerprint density at radius 1 is 1.45 bits per heavy atom. The third kappa shape index (κ3) is 2.32. The predicted molar refractivity (Wildman–Crippen MR) is 32.6 cm³/mol. The van der Waals surface area contributed by atoms with Gasteiger partial charge in [-0.05, 0) is 5.82 Å². The van der Waals surface area contributed by atoms with Gasteiger partial charge < -0.3 is 15.5 Å². The van der Waals surface area contributed by atoms with Gasteiger partial charge in [0.1, 0.15) is 5.88 Å². The Balaban J connectivity index is 2.71. The fourth-order valence-electron chi connectivity index (χ4n) is 0.496. The van der Waals surface area contributed by atoms with Crippen LogP contribution in [0.1, 0.15) is 0 Å². The van der Waals surface area contributed by atoms with Gasteiger partial charge in [-0.25, -0.2) is 0 Å². The molecule has 0 unspecified atom stereocenters. The topological polar surface area (TPSA) is 58.8 Å². The van der Waals surface area contributed by atoms with E-state index in [1.165, 1.54) is 0 Å². The van der Waals surface area contributed by atoms with Crippen molar-refractivity contribution in [3.05, 3.63) is 18.1 Å². The third-order valence-electron chi connectivity index (χ3n) is 0.822. The summed E-state index contributed by atoms with van der Waals surface area (Å²) in [7, 11) is 0. The highest BCUT2D eigenvalue weighted by atomic mass is 19.3. The SMILES string of the molecule is [NH-]c1cncc(OC(F)F)n1. The first-order chi connectivity index (χ1) is 5.18. The minimum absolute atomic E-state index is 0.205. The molecule has 0 bridgehead atoms. The molecule has 0 spiro atoms. The van der Waals surface area contributed by atoms with E-state index in [9.17, 15) is 8.78 Å². The normalized spacial score (nSPS) is 10.1. The molecule has 0 aliphatic heterocycles. The molecule has 0 aromatic carbocycles. The quantitative estimate of drug-likeness (QED) is 0.662. The predicted octanol–water partition coefficient (Wildman–Crippen LogP) is 1.76. The molecule has 0 fully saturated rings. The smallest absolute Gasteiger partial charge is 0.387 e. The van der Waals surface area contributed by atoms with Crippen molar-refractivity contribution in [2.45, 2.75) is 6.61 Å². The van der Waals surface area contributed by atoms with Crippen LogP contribution in [0.3, 0.4) is 0 Å². The van der Waals surface area contributed by atoms with E-state index in [2.05, 4.69) is 14.7 Å². The fourth-order valence-corrected chi connectivity index (χ4v) is 0.496. The Labute approximate surface area is 61.0 Å². The van der Waals surface area contributed by atoms with Gasteiger partial charge in [-0.2, -0.15) is 8.78 Å². The van der Waals surface area contributed by atoms with E-state index in [0.717, 1.165) is 12.4 Å². The van der Waals surface area contributed by atoms with Crippen LogP contribution in [0.4, 0.5) is 14.6 Å². The number of halogens is 2. The molecule has 1 aromatic rings. The highest BCUT2D eigenvalue weighted by Gasteiger charge is 2.00. The van der Waals surface area contributed by atoms with Crippen molar-refractivity contribution >= 4 is 5.82 Å². The van der Waals surface area contributed by atoms with Crippen LogP contribution in [0.25, 0.3) is 5.73 Å². The minimum Gasteiger partial charge on any atom is -0.481 e. The summed E-state index contributed by atoms with van der Waals surface area (Å²) in [6.07, 6.45) is 2.14. The van der Waals surface area contributed by atoms with Crippen molar-refractivity contribution in [2.75, 3.05) is 0 Å². The first-order valence-corrected chi connectivity index (χ1v) is 2.67. The molecular formula is C5H4F2N3O-. The van der Waals surface area contributed by atoms with Crippen molar-refractivity contribution in [3.8, 4) is 5.88 Å². The minimum atomic E-state index is -2.92. The van der Waals surface area contributed by atoms with Gasteiger partial charge >= 0.3 is 6.61 Å². The van der Waals surface area contributed by atoms with Gasteiger partial charge in [0.25, 0.3) is 0 Å². The lowest BCUT2D eigenvalue weighted by atomic mass is 10.7. The van der Waals surface area contributed by atoms with Crippen LogP contribution < -0.4 is 4.74 Å². The van der Waals surface area contributed by atoms with Crippen LogP contribution in [0.2, 0.25) is 0 Å². The summed E-state index contributed by atoms with van der Waals surface area (Å²) in [4.78, 5) is 6.74.